The predicted octanol–water partition coefficient (Wildman–Crippen LogP) is 2.80. The zero-order valence-corrected chi connectivity index (χ0v) is 13.9. The number of para-hydroxylation sites is 1. The SMILES string of the molecule is O=c1c(CCOc2cccnc2)cc2ncncc2n1-c1ccccc1. The molecule has 0 aliphatic rings. The van der Waals surface area contributed by atoms with Crippen LogP contribution in [-0.4, -0.2) is 26.1 Å². The number of hydrogen-bond acceptors (Lipinski definition) is 5. The van der Waals surface area contributed by atoms with Gasteiger partial charge < -0.3 is 4.74 Å². The first kappa shape index (κ1) is 16.0. The molecule has 0 saturated heterocycles. The number of nitrogens with zero attached hydrogens (tertiary/aromatic N) is 4. The lowest BCUT2D eigenvalue weighted by atomic mass is 10.1. The highest BCUT2D eigenvalue weighted by Gasteiger charge is 2.12. The van der Waals surface area contributed by atoms with E-state index < -0.39 is 0 Å². The van der Waals surface area contributed by atoms with Crippen LogP contribution in [0.3, 0.4) is 0 Å². The highest BCUT2D eigenvalue weighted by atomic mass is 16.5. The van der Waals surface area contributed by atoms with E-state index in [-0.39, 0.29) is 5.56 Å². The highest BCUT2D eigenvalue weighted by molar-refractivity contribution is 5.76. The third-order valence-corrected chi connectivity index (χ3v) is 4.04. The molecule has 4 aromatic rings. The summed E-state index contributed by atoms with van der Waals surface area (Å²) in [4.78, 5) is 25.5. The molecule has 0 aliphatic carbocycles. The zero-order valence-electron chi connectivity index (χ0n) is 13.9. The summed E-state index contributed by atoms with van der Waals surface area (Å²) in [7, 11) is 0. The van der Waals surface area contributed by atoms with Gasteiger partial charge >= 0.3 is 0 Å². The molecule has 0 aliphatic heterocycles. The van der Waals surface area contributed by atoms with Crippen molar-refractivity contribution >= 4 is 11.0 Å². The Morgan fingerprint density at radius 3 is 2.69 bits per heavy atom. The zero-order chi connectivity index (χ0) is 17.8. The van der Waals surface area contributed by atoms with Gasteiger partial charge in [0.05, 0.1) is 30.0 Å². The Hall–Kier alpha value is -3.54. The first-order valence-corrected chi connectivity index (χ1v) is 8.26. The number of ether oxygens (including phenoxy) is 1. The minimum Gasteiger partial charge on any atom is -0.492 e. The van der Waals surface area contributed by atoms with E-state index >= 15 is 0 Å². The summed E-state index contributed by atoms with van der Waals surface area (Å²) in [6.45, 7) is 0.381. The third-order valence-electron chi connectivity index (χ3n) is 4.04. The van der Waals surface area contributed by atoms with Crippen molar-refractivity contribution in [2.45, 2.75) is 6.42 Å². The average Bonchev–Trinajstić information content (AvgIpc) is 2.70. The monoisotopic (exact) mass is 344 g/mol. The summed E-state index contributed by atoms with van der Waals surface area (Å²) in [5, 5.41) is 0. The Labute approximate surface area is 149 Å². The largest absolute Gasteiger partial charge is 0.492 e. The molecule has 26 heavy (non-hydrogen) atoms. The van der Waals surface area contributed by atoms with Crippen LogP contribution in [0.15, 0.2) is 78.2 Å². The van der Waals surface area contributed by atoms with Gasteiger partial charge in [-0.2, -0.15) is 0 Å². The van der Waals surface area contributed by atoms with Gasteiger partial charge in [0.1, 0.15) is 12.1 Å². The normalized spacial score (nSPS) is 10.8. The second-order valence-corrected chi connectivity index (χ2v) is 5.73. The Morgan fingerprint density at radius 2 is 1.88 bits per heavy atom. The second kappa shape index (κ2) is 7.14. The summed E-state index contributed by atoms with van der Waals surface area (Å²) in [5.74, 6) is 0.680. The quantitative estimate of drug-likeness (QED) is 0.557. The van der Waals surface area contributed by atoms with Gasteiger partial charge in [0.25, 0.3) is 5.56 Å². The maximum atomic E-state index is 13.1. The molecule has 0 spiro atoms. The fourth-order valence-corrected chi connectivity index (χ4v) is 2.82. The van der Waals surface area contributed by atoms with E-state index in [1.807, 2.05) is 48.5 Å². The molecule has 0 amide bonds. The molecule has 0 unspecified atom stereocenters. The first-order valence-electron chi connectivity index (χ1n) is 8.26. The fraction of sp³-hybridized carbons (Fsp3) is 0.100. The minimum absolute atomic E-state index is 0.0895. The summed E-state index contributed by atoms with van der Waals surface area (Å²) in [6.07, 6.45) is 6.95. The maximum Gasteiger partial charge on any atom is 0.259 e. The van der Waals surface area contributed by atoms with Crippen molar-refractivity contribution in [3.63, 3.8) is 0 Å². The molecule has 0 atom stereocenters. The van der Waals surface area contributed by atoms with Crippen molar-refractivity contribution in [1.29, 1.82) is 0 Å². The Balaban J connectivity index is 1.71. The number of benzene rings is 1. The van der Waals surface area contributed by atoms with Crippen LogP contribution in [0.1, 0.15) is 5.56 Å². The van der Waals surface area contributed by atoms with Gasteiger partial charge in [-0.15, -0.1) is 0 Å². The summed E-state index contributed by atoms with van der Waals surface area (Å²) < 4.78 is 7.33. The fourth-order valence-electron chi connectivity index (χ4n) is 2.82. The second-order valence-electron chi connectivity index (χ2n) is 5.73. The van der Waals surface area contributed by atoms with Gasteiger partial charge in [-0.3, -0.25) is 14.3 Å². The van der Waals surface area contributed by atoms with Crippen molar-refractivity contribution < 1.29 is 4.74 Å². The van der Waals surface area contributed by atoms with Crippen LogP contribution in [0, 0.1) is 0 Å². The van der Waals surface area contributed by atoms with Crippen molar-refractivity contribution in [3.8, 4) is 11.4 Å². The van der Waals surface area contributed by atoms with Crippen molar-refractivity contribution in [1.82, 2.24) is 19.5 Å². The molecule has 1 aromatic carbocycles. The van der Waals surface area contributed by atoms with Gasteiger partial charge in [0.2, 0.25) is 0 Å². The van der Waals surface area contributed by atoms with Crippen molar-refractivity contribution in [2.75, 3.05) is 6.61 Å². The molecule has 0 bridgehead atoms. The van der Waals surface area contributed by atoms with Gasteiger partial charge in [-0.05, 0) is 30.3 Å². The topological polar surface area (TPSA) is 69.9 Å². The molecule has 0 N–H and O–H groups in total. The molecule has 6 nitrogen and oxygen atoms in total. The maximum absolute atomic E-state index is 13.1. The van der Waals surface area contributed by atoms with Crippen LogP contribution in [0.5, 0.6) is 5.75 Å². The van der Waals surface area contributed by atoms with E-state index in [9.17, 15) is 4.79 Å². The Kier molecular flexibility index (Phi) is 4.38. The molecule has 128 valence electrons. The van der Waals surface area contributed by atoms with Crippen molar-refractivity contribution in [3.05, 3.63) is 89.4 Å². The lowest BCUT2D eigenvalue weighted by molar-refractivity contribution is 0.320. The van der Waals surface area contributed by atoms with Gasteiger partial charge in [-0.25, -0.2) is 9.97 Å². The number of rotatable bonds is 5. The smallest absolute Gasteiger partial charge is 0.259 e. The molecular formula is C20H16N4O2. The van der Waals surface area contributed by atoms with Crippen molar-refractivity contribution in [2.24, 2.45) is 0 Å². The molecule has 3 heterocycles. The summed E-state index contributed by atoms with van der Waals surface area (Å²) >= 11 is 0. The number of hydrogen-bond donors (Lipinski definition) is 0. The van der Waals surface area contributed by atoms with Crippen LogP contribution >= 0.6 is 0 Å². The van der Waals surface area contributed by atoms with Crippen LogP contribution in [-0.2, 0) is 6.42 Å². The Morgan fingerprint density at radius 1 is 1.00 bits per heavy atom. The van der Waals surface area contributed by atoms with Gasteiger partial charge in [-0.1, -0.05) is 18.2 Å². The molecule has 0 radical (unpaired) electrons. The molecule has 3 aromatic heterocycles. The number of fused-ring (bicyclic) bond motifs is 1. The predicted molar refractivity (Wildman–Crippen MR) is 98.6 cm³/mol. The van der Waals surface area contributed by atoms with E-state index in [2.05, 4.69) is 15.0 Å². The molecule has 6 heteroatoms. The van der Waals surface area contributed by atoms with Crippen LogP contribution in [0.4, 0.5) is 0 Å². The van der Waals surface area contributed by atoms with E-state index in [1.54, 1.807) is 23.2 Å². The minimum atomic E-state index is -0.0895. The van der Waals surface area contributed by atoms with Crippen LogP contribution in [0.2, 0.25) is 0 Å². The van der Waals surface area contributed by atoms with Crippen LogP contribution < -0.4 is 10.3 Å². The molecule has 4 rings (SSSR count). The average molecular weight is 344 g/mol. The van der Waals surface area contributed by atoms with E-state index in [0.29, 0.717) is 29.9 Å². The summed E-state index contributed by atoms with van der Waals surface area (Å²) in [6, 6.07) is 15.0. The van der Waals surface area contributed by atoms with Gasteiger partial charge in [0.15, 0.2) is 0 Å². The molecule has 0 fully saturated rings. The van der Waals surface area contributed by atoms with Crippen LogP contribution in [0.25, 0.3) is 16.7 Å². The summed E-state index contributed by atoms with van der Waals surface area (Å²) in [5.41, 5.74) is 2.74. The van der Waals surface area contributed by atoms with E-state index in [1.165, 1.54) is 6.33 Å². The molecule has 0 saturated carbocycles. The number of pyridine rings is 2. The lowest BCUT2D eigenvalue weighted by Crippen LogP contribution is -2.24. The lowest BCUT2D eigenvalue weighted by Gasteiger charge is -2.12. The van der Waals surface area contributed by atoms with Gasteiger partial charge in [0, 0.05) is 23.9 Å². The third kappa shape index (κ3) is 3.17. The number of aromatic nitrogens is 4. The Bertz CT molecular complexity index is 1080. The highest BCUT2D eigenvalue weighted by Crippen LogP contribution is 2.15. The molecular weight excluding hydrogens is 328 g/mol. The van der Waals surface area contributed by atoms with E-state index in [0.717, 1.165) is 11.2 Å². The van der Waals surface area contributed by atoms with E-state index in [4.69, 9.17) is 4.74 Å². The standard InChI is InChI=1S/C20H16N4O2/c25-20-15(8-10-26-17-7-4-9-21-12-17)11-18-19(13-22-14-23-18)24(20)16-5-2-1-3-6-16/h1-7,9,11-14H,8,10H2. The first-order chi connectivity index (χ1) is 12.8.